The second-order valence-electron chi connectivity index (χ2n) is 6.14. The first-order chi connectivity index (χ1) is 11.9. The van der Waals surface area contributed by atoms with Gasteiger partial charge in [-0.2, -0.15) is 0 Å². The van der Waals surface area contributed by atoms with E-state index < -0.39 is 0 Å². The Morgan fingerprint density at radius 3 is 2.48 bits per heavy atom. The van der Waals surface area contributed by atoms with E-state index in [-0.39, 0.29) is 5.82 Å². The largest absolute Gasteiger partial charge is 0.495 e. The molecule has 0 heterocycles. The first-order valence-electron chi connectivity index (χ1n) is 8.30. The van der Waals surface area contributed by atoms with Gasteiger partial charge in [-0.25, -0.2) is 9.38 Å². The van der Waals surface area contributed by atoms with Gasteiger partial charge in [0, 0.05) is 32.4 Å². The Morgan fingerprint density at radius 1 is 1.12 bits per heavy atom. The van der Waals surface area contributed by atoms with Crippen molar-refractivity contribution in [2.24, 2.45) is 4.99 Å². The third-order valence-electron chi connectivity index (χ3n) is 4.22. The van der Waals surface area contributed by atoms with Gasteiger partial charge in [-0.15, -0.1) is 0 Å². The maximum Gasteiger partial charge on any atom is 0.150 e. The van der Waals surface area contributed by atoms with Crippen LogP contribution < -0.4 is 9.64 Å². The summed E-state index contributed by atoms with van der Waals surface area (Å²) in [5.74, 6) is 0.410. The van der Waals surface area contributed by atoms with Gasteiger partial charge in [0.1, 0.15) is 11.4 Å². The standard InChI is InChI=1S/C20H26FN3O/c1-7-23(4)13-22-17-11-15(3)19(12-16(17)21)24(5)18-9-8-14(2)10-20(18)25-6/h8-13H,7H2,1-6H3. The van der Waals surface area contributed by atoms with Crippen LogP contribution in [0.1, 0.15) is 18.1 Å². The summed E-state index contributed by atoms with van der Waals surface area (Å²) >= 11 is 0. The van der Waals surface area contributed by atoms with Gasteiger partial charge in [0.25, 0.3) is 0 Å². The molecule has 0 saturated heterocycles. The minimum Gasteiger partial charge on any atom is -0.495 e. The molecule has 0 aliphatic heterocycles. The summed E-state index contributed by atoms with van der Waals surface area (Å²) in [4.78, 5) is 8.07. The molecule has 134 valence electrons. The summed E-state index contributed by atoms with van der Waals surface area (Å²) in [5, 5.41) is 0. The second kappa shape index (κ2) is 8.01. The first-order valence-corrected chi connectivity index (χ1v) is 8.30. The van der Waals surface area contributed by atoms with Crippen molar-refractivity contribution in [1.29, 1.82) is 0 Å². The fourth-order valence-electron chi connectivity index (χ4n) is 2.55. The van der Waals surface area contributed by atoms with Crippen molar-refractivity contribution in [3.05, 3.63) is 47.3 Å². The quantitative estimate of drug-likeness (QED) is 0.555. The van der Waals surface area contributed by atoms with Crippen LogP contribution in [-0.2, 0) is 0 Å². The predicted octanol–water partition coefficient (Wildman–Crippen LogP) is 4.83. The van der Waals surface area contributed by atoms with Crippen LogP contribution in [0.15, 0.2) is 35.3 Å². The maximum atomic E-state index is 14.5. The Morgan fingerprint density at radius 2 is 1.84 bits per heavy atom. The molecular formula is C20H26FN3O. The molecule has 0 amide bonds. The average molecular weight is 343 g/mol. The van der Waals surface area contributed by atoms with Crippen molar-refractivity contribution in [1.82, 2.24) is 4.90 Å². The molecule has 0 aliphatic carbocycles. The first kappa shape index (κ1) is 18.8. The predicted molar refractivity (Wildman–Crippen MR) is 103 cm³/mol. The Labute approximate surface area is 149 Å². The lowest BCUT2D eigenvalue weighted by atomic mass is 10.1. The molecule has 2 aromatic rings. The van der Waals surface area contributed by atoms with Gasteiger partial charge >= 0.3 is 0 Å². The molecule has 0 bridgehead atoms. The van der Waals surface area contributed by atoms with Crippen LogP contribution >= 0.6 is 0 Å². The normalized spacial score (nSPS) is 11.0. The van der Waals surface area contributed by atoms with Crippen LogP contribution in [0.4, 0.5) is 21.5 Å². The zero-order chi connectivity index (χ0) is 18.6. The number of methoxy groups -OCH3 is 1. The highest BCUT2D eigenvalue weighted by atomic mass is 19.1. The smallest absolute Gasteiger partial charge is 0.150 e. The highest BCUT2D eigenvalue weighted by molar-refractivity contribution is 5.73. The monoisotopic (exact) mass is 343 g/mol. The van der Waals surface area contributed by atoms with E-state index in [9.17, 15) is 4.39 Å². The molecule has 0 radical (unpaired) electrons. The molecule has 2 aromatic carbocycles. The summed E-state index contributed by atoms with van der Waals surface area (Å²) in [6.45, 7) is 6.80. The van der Waals surface area contributed by atoms with Crippen molar-refractivity contribution in [2.45, 2.75) is 20.8 Å². The van der Waals surface area contributed by atoms with Crippen LogP contribution in [0.5, 0.6) is 5.75 Å². The number of anilines is 2. The number of halogens is 1. The second-order valence-corrected chi connectivity index (χ2v) is 6.14. The van der Waals surface area contributed by atoms with Crippen LogP contribution in [-0.4, -0.2) is 39.0 Å². The van der Waals surface area contributed by atoms with E-state index in [0.29, 0.717) is 5.69 Å². The molecule has 0 aliphatic rings. The number of ether oxygens (including phenoxy) is 1. The minimum atomic E-state index is -0.348. The lowest BCUT2D eigenvalue weighted by Crippen LogP contribution is -2.14. The number of benzene rings is 2. The molecule has 0 N–H and O–H groups in total. The molecule has 5 heteroatoms. The van der Waals surface area contributed by atoms with E-state index >= 15 is 0 Å². The molecule has 2 rings (SSSR count). The van der Waals surface area contributed by atoms with E-state index in [1.165, 1.54) is 6.07 Å². The highest BCUT2D eigenvalue weighted by Gasteiger charge is 2.15. The summed E-state index contributed by atoms with van der Waals surface area (Å²) < 4.78 is 20.0. The Hall–Kier alpha value is -2.56. The van der Waals surface area contributed by atoms with Gasteiger partial charge in [0.05, 0.1) is 19.1 Å². The number of aryl methyl sites for hydroxylation is 2. The van der Waals surface area contributed by atoms with Crippen molar-refractivity contribution in [3.63, 3.8) is 0 Å². The van der Waals surface area contributed by atoms with Crippen LogP contribution in [0.3, 0.4) is 0 Å². The van der Waals surface area contributed by atoms with Gasteiger partial charge in [-0.1, -0.05) is 6.07 Å². The zero-order valence-corrected chi connectivity index (χ0v) is 15.8. The van der Waals surface area contributed by atoms with Crippen molar-refractivity contribution < 1.29 is 9.13 Å². The van der Waals surface area contributed by atoms with Gasteiger partial charge < -0.3 is 14.5 Å². The van der Waals surface area contributed by atoms with E-state index in [2.05, 4.69) is 4.99 Å². The molecule has 4 nitrogen and oxygen atoms in total. The SMILES string of the molecule is CCN(C)C=Nc1cc(C)c(N(C)c2ccc(C)cc2OC)cc1F. The topological polar surface area (TPSA) is 28.1 Å². The fourth-order valence-corrected chi connectivity index (χ4v) is 2.55. The lowest BCUT2D eigenvalue weighted by molar-refractivity contribution is 0.415. The minimum absolute atomic E-state index is 0.339. The van der Waals surface area contributed by atoms with Gasteiger partial charge in [0.2, 0.25) is 0 Å². The molecule has 0 fully saturated rings. The highest BCUT2D eigenvalue weighted by Crippen LogP contribution is 2.36. The summed E-state index contributed by atoms with van der Waals surface area (Å²) in [5.41, 5.74) is 4.06. The van der Waals surface area contributed by atoms with Gasteiger partial charge in [-0.05, 0) is 50.1 Å². The summed E-state index contributed by atoms with van der Waals surface area (Å²) in [7, 11) is 5.45. The molecular weight excluding hydrogens is 317 g/mol. The van der Waals surface area contributed by atoms with Crippen LogP contribution in [0, 0.1) is 19.7 Å². The lowest BCUT2D eigenvalue weighted by Gasteiger charge is -2.24. The van der Waals surface area contributed by atoms with E-state index in [0.717, 1.165) is 34.8 Å². The van der Waals surface area contributed by atoms with Gasteiger partial charge in [0.15, 0.2) is 5.82 Å². The number of nitrogens with zero attached hydrogens (tertiary/aromatic N) is 3. The van der Waals surface area contributed by atoms with E-state index in [1.807, 2.05) is 62.9 Å². The third-order valence-corrected chi connectivity index (χ3v) is 4.22. The zero-order valence-electron chi connectivity index (χ0n) is 15.8. The number of aliphatic imine (C=N–C) groups is 1. The molecule has 0 unspecified atom stereocenters. The molecule has 25 heavy (non-hydrogen) atoms. The van der Waals surface area contributed by atoms with Crippen molar-refractivity contribution in [3.8, 4) is 5.75 Å². The van der Waals surface area contributed by atoms with Gasteiger partial charge in [-0.3, -0.25) is 0 Å². The maximum absolute atomic E-state index is 14.5. The fraction of sp³-hybridized carbons (Fsp3) is 0.350. The van der Waals surface area contributed by atoms with E-state index in [4.69, 9.17) is 4.74 Å². The van der Waals surface area contributed by atoms with Crippen molar-refractivity contribution >= 4 is 23.4 Å². The third kappa shape index (κ3) is 4.29. The number of hydrogen-bond acceptors (Lipinski definition) is 3. The Kier molecular flexibility index (Phi) is 6.02. The average Bonchev–Trinajstić information content (AvgIpc) is 2.60. The Balaban J connectivity index is 2.40. The Bertz CT molecular complexity index is 774. The van der Waals surface area contributed by atoms with Crippen LogP contribution in [0.2, 0.25) is 0 Å². The molecule has 0 atom stereocenters. The molecule has 0 spiro atoms. The molecule has 0 saturated carbocycles. The molecule has 0 aromatic heterocycles. The number of hydrogen-bond donors (Lipinski definition) is 0. The summed E-state index contributed by atoms with van der Waals surface area (Å²) in [6, 6.07) is 9.25. The van der Waals surface area contributed by atoms with Crippen LogP contribution in [0.25, 0.3) is 0 Å². The number of rotatable bonds is 6. The van der Waals surface area contributed by atoms with E-state index in [1.54, 1.807) is 19.5 Å². The van der Waals surface area contributed by atoms with Crippen molar-refractivity contribution in [2.75, 3.05) is 32.6 Å². The summed E-state index contributed by atoms with van der Waals surface area (Å²) in [6.07, 6.45) is 1.64.